The zero-order valence-electron chi connectivity index (χ0n) is 15.7. The quantitative estimate of drug-likeness (QED) is 0.481. The second kappa shape index (κ2) is 10.4. The van der Waals surface area contributed by atoms with Gasteiger partial charge in [0.1, 0.15) is 13.2 Å². The van der Waals surface area contributed by atoms with Gasteiger partial charge in [0.2, 0.25) is 0 Å². The maximum atomic E-state index is 12.1. The molecule has 0 aliphatic carbocycles. The summed E-state index contributed by atoms with van der Waals surface area (Å²) >= 11 is 0. The molecule has 0 aliphatic heterocycles. The van der Waals surface area contributed by atoms with Crippen molar-refractivity contribution in [1.82, 2.24) is 10.7 Å². The summed E-state index contributed by atoms with van der Waals surface area (Å²) in [6.07, 6.45) is -0.667. The van der Waals surface area contributed by atoms with Crippen LogP contribution in [0.1, 0.15) is 16.7 Å². The fourth-order valence-electron chi connectivity index (χ4n) is 2.57. The molecule has 2 amide bonds. The van der Waals surface area contributed by atoms with E-state index in [0.29, 0.717) is 5.71 Å². The summed E-state index contributed by atoms with van der Waals surface area (Å²) in [5, 5.41) is 6.67. The van der Waals surface area contributed by atoms with E-state index in [1.54, 1.807) is 0 Å². The summed E-state index contributed by atoms with van der Waals surface area (Å²) in [5.41, 5.74) is 5.73. The fraction of sp³-hybridized carbons (Fsp3) is 0.0870. The van der Waals surface area contributed by atoms with Gasteiger partial charge in [-0.25, -0.2) is 10.2 Å². The van der Waals surface area contributed by atoms with Crippen molar-refractivity contribution in [2.75, 3.05) is 6.54 Å². The largest absolute Gasteiger partial charge is 0.445 e. The van der Waals surface area contributed by atoms with Gasteiger partial charge in [0.25, 0.3) is 5.91 Å². The molecule has 3 aromatic carbocycles. The van der Waals surface area contributed by atoms with Crippen molar-refractivity contribution in [3.63, 3.8) is 0 Å². The highest BCUT2D eigenvalue weighted by molar-refractivity contribution is 6.13. The summed E-state index contributed by atoms with van der Waals surface area (Å²) < 4.78 is 5.08. The second-order valence-corrected chi connectivity index (χ2v) is 6.14. The molecule has 0 fully saturated rings. The predicted molar refractivity (Wildman–Crippen MR) is 111 cm³/mol. The first-order valence-electron chi connectivity index (χ1n) is 9.14. The highest BCUT2D eigenvalue weighted by atomic mass is 16.5. The molecule has 0 aliphatic rings. The molecule has 0 aromatic heterocycles. The van der Waals surface area contributed by atoms with Gasteiger partial charge in [-0.2, -0.15) is 5.10 Å². The first-order valence-corrected chi connectivity index (χ1v) is 9.14. The van der Waals surface area contributed by atoms with Gasteiger partial charge >= 0.3 is 6.09 Å². The molecule has 3 rings (SSSR count). The van der Waals surface area contributed by atoms with E-state index in [0.717, 1.165) is 16.7 Å². The molecule has 6 heteroatoms. The lowest BCUT2D eigenvalue weighted by Crippen LogP contribution is -2.35. The number of benzene rings is 3. The number of rotatable bonds is 7. The number of hydrogen-bond acceptors (Lipinski definition) is 4. The Kier molecular flexibility index (Phi) is 7.12. The first-order chi connectivity index (χ1) is 14.2. The summed E-state index contributed by atoms with van der Waals surface area (Å²) in [6.45, 7) is -0.105. The number of alkyl carbamates (subject to hydrolysis) is 1. The number of hydrogen-bond donors (Lipinski definition) is 2. The van der Waals surface area contributed by atoms with Gasteiger partial charge in [-0.05, 0) is 5.56 Å². The third kappa shape index (κ3) is 6.32. The van der Waals surface area contributed by atoms with Crippen molar-refractivity contribution in [2.24, 2.45) is 5.10 Å². The van der Waals surface area contributed by atoms with Gasteiger partial charge in [-0.3, -0.25) is 4.79 Å². The molecule has 0 unspecified atom stereocenters. The maximum Gasteiger partial charge on any atom is 0.407 e. The molecule has 0 radical (unpaired) electrons. The Morgan fingerprint density at radius 3 is 1.83 bits per heavy atom. The molecule has 0 saturated carbocycles. The lowest BCUT2D eigenvalue weighted by Gasteiger charge is -2.09. The van der Waals surface area contributed by atoms with Crippen molar-refractivity contribution < 1.29 is 14.3 Å². The number of nitrogens with one attached hydrogen (secondary N) is 2. The Labute approximate surface area is 169 Å². The van der Waals surface area contributed by atoms with Crippen LogP contribution in [0.3, 0.4) is 0 Å². The highest BCUT2D eigenvalue weighted by Gasteiger charge is 2.09. The molecular weight excluding hydrogens is 366 g/mol. The molecular formula is C23H21N3O3. The Hall–Kier alpha value is -3.93. The number of carbonyl (C=O) groups is 2. The van der Waals surface area contributed by atoms with E-state index in [4.69, 9.17) is 4.74 Å². The molecule has 2 N–H and O–H groups in total. The lowest BCUT2D eigenvalue weighted by atomic mass is 10.0. The van der Waals surface area contributed by atoms with Crippen LogP contribution in [0.15, 0.2) is 96.1 Å². The number of nitrogens with zero attached hydrogens (tertiary/aromatic N) is 1. The third-order valence-electron chi connectivity index (χ3n) is 3.99. The van der Waals surface area contributed by atoms with E-state index in [1.165, 1.54) is 0 Å². The third-order valence-corrected chi connectivity index (χ3v) is 3.99. The minimum absolute atomic E-state index is 0.138. The summed E-state index contributed by atoms with van der Waals surface area (Å²) in [5.74, 6) is -0.453. The number of carbonyl (C=O) groups excluding carboxylic acids is 2. The lowest BCUT2D eigenvalue weighted by molar-refractivity contribution is -0.120. The standard InChI is InChI=1S/C23H21N3O3/c27-21(16-24-23(28)29-17-18-10-4-1-5-11-18)25-26-22(19-12-6-2-7-13-19)20-14-8-3-9-15-20/h1-15H,16-17H2,(H,24,28)(H,25,27). The van der Waals surface area contributed by atoms with E-state index in [1.807, 2.05) is 91.0 Å². The minimum atomic E-state index is -0.667. The SMILES string of the molecule is O=C(CNC(=O)OCc1ccccc1)NN=C(c1ccccc1)c1ccccc1. The molecule has 0 heterocycles. The summed E-state index contributed by atoms with van der Waals surface area (Å²) in [7, 11) is 0. The van der Waals surface area contributed by atoms with Gasteiger partial charge in [0.15, 0.2) is 0 Å². The van der Waals surface area contributed by atoms with Crippen LogP contribution < -0.4 is 10.7 Å². The van der Waals surface area contributed by atoms with Crippen molar-refractivity contribution in [2.45, 2.75) is 6.61 Å². The molecule has 0 spiro atoms. The van der Waals surface area contributed by atoms with Gasteiger partial charge < -0.3 is 10.1 Å². The molecule has 0 saturated heterocycles. The molecule has 0 atom stereocenters. The summed E-state index contributed by atoms with van der Waals surface area (Å²) in [6, 6.07) is 28.4. The van der Waals surface area contributed by atoms with E-state index >= 15 is 0 Å². The smallest absolute Gasteiger partial charge is 0.407 e. The molecule has 146 valence electrons. The van der Waals surface area contributed by atoms with E-state index in [2.05, 4.69) is 15.8 Å². The van der Waals surface area contributed by atoms with Crippen LogP contribution in [0.2, 0.25) is 0 Å². The molecule has 0 bridgehead atoms. The average Bonchev–Trinajstić information content (AvgIpc) is 2.78. The Morgan fingerprint density at radius 1 is 0.759 bits per heavy atom. The van der Waals surface area contributed by atoms with E-state index in [9.17, 15) is 9.59 Å². The highest BCUT2D eigenvalue weighted by Crippen LogP contribution is 2.10. The van der Waals surface area contributed by atoms with Crippen LogP contribution in [0.25, 0.3) is 0 Å². The predicted octanol–water partition coefficient (Wildman–Crippen LogP) is 3.48. The van der Waals surface area contributed by atoms with Crippen LogP contribution in [-0.2, 0) is 16.1 Å². The van der Waals surface area contributed by atoms with Crippen molar-refractivity contribution in [1.29, 1.82) is 0 Å². The van der Waals surface area contributed by atoms with Gasteiger partial charge in [0, 0.05) is 11.1 Å². The Bertz CT molecular complexity index is 917. The van der Waals surface area contributed by atoms with E-state index < -0.39 is 12.0 Å². The number of ether oxygens (including phenoxy) is 1. The zero-order valence-corrected chi connectivity index (χ0v) is 15.7. The molecule has 6 nitrogen and oxygen atoms in total. The fourth-order valence-corrected chi connectivity index (χ4v) is 2.57. The van der Waals surface area contributed by atoms with Crippen molar-refractivity contribution in [3.05, 3.63) is 108 Å². The molecule has 3 aromatic rings. The number of hydrazone groups is 1. The monoisotopic (exact) mass is 387 g/mol. The maximum absolute atomic E-state index is 12.1. The van der Waals surface area contributed by atoms with E-state index in [-0.39, 0.29) is 13.2 Å². The zero-order chi connectivity index (χ0) is 20.3. The van der Waals surface area contributed by atoms with Gasteiger partial charge in [-0.15, -0.1) is 0 Å². The number of amides is 2. The summed E-state index contributed by atoms with van der Waals surface area (Å²) in [4.78, 5) is 23.9. The van der Waals surface area contributed by atoms with Gasteiger partial charge in [0.05, 0.1) is 5.71 Å². The van der Waals surface area contributed by atoms with Gasteiger partial charge in [-0.1, -0.05) is 91.0 Å². The molecule has 29 heavy (non-hydrogen) atoms. The Morgan fingerprint density at radius 2 is 1.28 bits per heavy atom. The van der Waals surface area contributed by atoms with Crippen molar-refractivity contribution >= 4 is 17.7 Å². The minimum Gasteiger partial charge on any atom is -0.445 e. The second-order valence-electron chi connectivity index (χ2n) is 6.14. The van der Waals surface area contributed by atoms with Crippen LogP contribution in [0.4, 0.5) is 4.79 Å². The van der Waals surface area contributed by atoms with Crippen LogP contribution >= 0.6 is 0 Å². The van der Waals surface area contributed by atoms with Crippen LogP contribution in [-0.4, -0.2) is 24.3 Å². The normalized spacial score (nSPS) is 9.93. The average molecular weight is 387 g/mol. The first kappa shape index (κ1) is 19.8. The van der Waals surface area contributed by atoms with Crippen LogP contribution in [0, 0.1) is 0 Å². The van der Waals surface area contributed by atoms with Crippen LogP contribution in [0.5, 0.6) is 0 Å². The van der Waals surface area contributed by atoms with Crippen molar-refractivity contribution in [3.8, 4) is 0 Å². The Balaban J connectivity index is 1.55. The topological polar surface area (TPSA) is 79.8 Å².